The third-order valence-corrected chi connectivity index (χ3v) is 8.10. The van der Waals surface area contributed by atoms with E-state index in [4.69, 9.17) is 4.74 Å². The van der Waals surface area contributed by atoms with Gasteiger partial charge in [0.1, 0.15) is 11.5 Å². The van der Waals surface area contributed by atoms with E-state index in [0.29, 0.717) is 48.6 Å². The highest BCUT2D eigenvalue weighted by molar-refractivity contribution is 5.96. The van der Waals surface area contributed by atoms with E-state index in [2.05, 4.69) is 10.6 Å². The van der Waals surface area contributed by atoms with Crippen molar-refractivity contribution in [3.05, 3.63) is 48.0 Å². The monoisotopic (exact) mass is 550 g/mol. The van der Waals surface area contributed by atoms with Gasteiger partial charge in [0.05, 0.1) is 23.7 Å². The Morgan fingerprint density at radius 3 is 1.68 bits per heavy atom. The summed E-state index contributed by atoms with van der Waals surface area (Å²) in [4.78, 5) is 49.0. The highest BCUT2D eigenvalue weighted by Gasteiger charge is 2.37. The van der Waals surface area contributed by atoms with Gasteiger partial charge in [0.15, 0.2) is 0 Å². The van der Waals surface area contributed by atoms with Crippen molar-refractivity contribution in [1.82, 2.24) is 0 Å². The third kappa shape index (κ3) is 7.00. The number of nitrogens with one attached hydrogen (secondary N) is 2. The van der Waals surface area contributed by atoms with Crippen molar-refractivity contribution >= 4 is 35.1 Å². The van der Waals surface area contributed by atoms with Gasteiger partial charge in [-0.15, -0.1) is 0 Å². The fraction of sp³-hybridized carbons (Fsp3) is 0.484. The standard InChI is InChI=1S/C31H38N2O7/c1-18(2)26-17-21(15-16-27(26)33-29(35)23-8-4-6-10-25(23)31(38)39)40-20-13-11-19(12-14-20)32-28(34)22-7-3-5-9-24(22)30(36)37/h11-18,22-25H,3-10H2,1-2H3,(H,32,34)(H,33,35)(H,36,37)(H,38,39). The molecule has 2 aromatic carbocycles. The summed E-state index contributed by atoms with van der Waals surface area (Å²) in [6.07, 6.45) is 5.51. The van der Waals surface area contributed by atoms with E-state index >= 15 is 0 Å². The Kier molecular flexibility index (Phi) is 9.45. The molecule has 2 saturated carbocycles. The molecule has 9 heteroatoms. The average molecular weight is 551 g/mol. The lowest BCUT2D eigenvalue weighted by atomic mass is 9.78. The molecule has 2 aliphatic carbocycles. The molecule has 214 valence electrons. The predicted octanol–water partition coefficient (Wildman–Crippen LogP) is 6.26. The molecule has 0 spiro atoms. The fourth-order valence-electron chi connectivity index (χ4n) is 5.88. The van der Waals surface area contributed by atoms with Crippen LogP contribution in [0.4, 0.5) is 11.4 Å². The summed E-state index contributed by atoms with van der Waals surface area (Å²) in [5, 5.41) is 24.8. The second-order valence-corrected chi connectivity index (χ2v) is 11.2. The normalized spacial score (nSPS) is 22.8. The van der Waals surface area contributed by atoms with E-state index in [-0.39, 0.29) is 17.7 Å². The minimum absolute atomic E-state index is 0.0764. The van der Waals surface area contributed by atoms with Crippen molar-refractivity contribution < 1.29 is 34.1 Å². The molecule has 4 N–H and O–H groups in total. The molecule has 40 heavy (non-hydrogen) atoms. The molecule has 0 heterocycles. The zero-order valence-corrected chi connectivity index (χ0v) is 23.0. The molecule has 0 saturated heterocycles. The minimum atomic E-state index is -0.923. The van der Waals surface area contributed by atoms with Crippen molar-refractivity contribution in [2.75, 3.05) is 10.6 Å². The fourth-order valence-corrected chi connectivity index (χ4v) is 5.88. The average Bonchev–Trinajstić information content (AvgIpc) is 2.94. The van der Waals surface area contributed by atoms with Crippen LogP contribution in [-0.4, -0.2) is 34.0 Å². The van der Waals surface area contributed by atoms with Gasteiger partial charge in [-0.1, -0.05) is 39.5 Å². The summed E-state index contributed by atoms with van der Waals surface area (Å²) < 4.78 is 6.04. The topological polar surface area (TPSA) is 142 Å². The number of carbonyl (C=O) groups excluding carboxylic acids is 2. The highest BCUT2D eigenvalue weighted by atomic mass is 16.5. The number of benzene rings is 2. The number of amides is 2. The SMILES string of the molecule is CC(C)c1cc(Oc2ccc(NC(=O)C3CCCCC3C(=O)O)cc2)ccc1NC(=O)C1CCCCC1C(=O)O. The number of hydrogen-bond donors (Lipinski definition) is 4. The number of carboxylic acid groups (broad SMARTS) is 2. The molecule has 0 bridgehead atoms. The number of rotatable bonds is 9. The van der Waals surface area contributed by atoms with Crippen LogP contribution in [0.1, 0.15) is 76.7 Å². The Morgan fingerprint density at radius 2 is 1.18 bits per heavy atom. The van der Waals surface area contributed by atoms with Gasteiger partial charge < -0.3 is 25.6 Å². The van der Waals surface area contributed by atoms with Gasteiger partial charge in [-0.05, 0) is 79.6 Å². The van der Waals surface area contributed by atoms with Crippen molar-refractivity contribution in [2.24, 2.45) is 23.7 Å². The van der Waals surface area contributed by atoms with Gasteiger partial charge in [-0.25, -0.2) is 0 Å². The van der Waals surface area contributed by atoms with Gasteiger partial charge in [-0.2, -0.15) is 0 Å². The van der Waals surface area contributed by atoms with Crippen LogP contribution >= 0.6 is 0 Å². The van der Waals surface area contributed by atoms with E-state index in [1.54, 1.807) is 36.4 Å². The summed E-state index contributed by atoms with van der Waals surface area (Å²) in [7, 11) is 0. The molecule has 4 unspecified atom stereocenters. The molecular weight excluding hydrogens is 512 g/mol. The van der Waals surface area contributed by atoms with Crippen LogP contribution in [0.3, 0.4) is 0 Å². The van der Waals surface area contributed by atoms with Gasteiger partial charge in [0.2, 0.25) is 11.8 Å². The van der Waals surface area contributed by atoms with Crippen LogP contribution in [0.15, 0.2) is 42.5 Å². The van der Waals surface area contributed by atoms with Crippen molar-refractivity contribution in [2.45, 2.75) is 71.1 Å². The Hall–Kier alpha value is -3.88. The molecule has 2 aromatic rings. The second-order valence-electron chi connectivity index (χ2n) is 11.2. The lowest BCUT2D eigenvalue weighted by molar-refractivity contribution is -0.148. The number of anilines is 2. The summed E-state index contributed by atoms with van der Waals surface area (Å²) >= 11 is 0. The molecule has 4 atom stereocenters. The van der Waals surface area contributed by atoms with Crippen LogP contribution in [0.25, 0.3) is 0 Å². The van der Waals surface area contributed by atoms with Crippen LogP contribution in [0.5, 0.6) is 11.5 Å². The lowest BCUT2D eigenvalue weighted by Gasteiger charge is -2.28. The van der Waals surface area contributed by atoms with Crippen molar-refractivity contribution in [3.63, 3.8) is 0 Å². The Labute approximate surface area is 234 Å². The smallest absolute Gasteiger partial charge is 0.307 e. The van der Waals surface area contributed by atoms with Crippen LogP contribution in [0, 0.1) is 23.7 Å². The number of aliphatic carboxylic acids is 2. The Balaban J connectivity index is 1.41. The van der Waals surface area contributed by atoms with E-state index in [0.717, 1.165) is 31.2 Å². The predicted molar refractivity (Wildman–Crippen MR) is 150 cm³/mol. The van der Waals surface area contributed by atoms with Gasteiger partial charge in [0, 0.05) is 11.4 Å². The summed E-state index contributed by atoms with van der Waals surface area (Å²) in [5.74, 6) is -3.57. The first-order chi connectivity index (χ1) is 19.1. The highest BCUT2D eigenvalue weighted by Crippen LogP contribution is 2.35. The van der Waals surface area contributed by atoms with E-state index in [9.17, 15) is 29.4 Å². The Bertz CT molecular complexity index is 1240. The van der Waals surface area contributed by atoms with Gasteiger partial charge in [0.25, 0.3) is 0 Å². The first-order valence-corrected chi connectivity index (χ1v) is 14.1. The second kappa shape index (κ2) is 13.0. The molecule has 2 fully saturated rings. The van der Waals surface area contributed by atoms with E-state index in [1.807, 2.05) is 19.9 Å². The summed E-state index contributed by atoms with van der Waals surface area (Å²) in [5.41, 5.74) is 2.08. The molecule has 2 aliphatic rings. The molecule has 0 aliphatic heterocycles. The zero-order chi connectivity index (χ0) is 28.8. The molecule has 2 amide bonds. The molecule has 9 nitrogen and oxygen atoms in total. The summed E-state index contributed by atoms with van der Waals surface area (Å²) in [6.45, 7) is 4.02. The number of carbonyl (C=O) groups is 4. The largest absolute Gasteiger partial charge is 0.481 e. The van der Waals surface area contributed by atoms with E-state index < -0.39 is 35.6 Å². The summed E-state index contributed by atoms with van der Waals surface area (Å²) in [6, 6.07) is 12.3. The maximum atomic E-state index is 13.0. The number of carboxylic acids is 2. The Morgan fingerprint density at radius 1 is 0.700 bits per heavy atom. The molecule has 4 rings (SSSR count). The molecule has 0 radical (unpaired) electrons. The number of hydrogen-bond acceptors (Lipinski definition) is 5. The maximum absolute atomic E-state index is 13.0. The quantitative estimate of drug-likeness (QED) is 0.289. The van der Waals surface area contributed by atoms with Crippen molar-refractivity contribution in [3.8, 4) is 11.5 Å². The van der Waals surface area contributed by atoms with E-state index in [1.165, 1.54) is 0 Å². The first-order valence-electron chi connectivity index (χ1n) is 14.1. The van der Waals surface area contributed by atoms with Crippen LogP contribution in [0.2, 0.25) is 0 Å². The van der Waals surface area contributed by atoms with Crippen molar-refractivity contribution in [1.29, 1.82) is 0 Å². The molecular formula is C31H38N2O7. The maximum Gasteiger partial charge on any atom is 0.307 e. The minimum Gasteiger partial charge on any atom is -0.481 e. The zero-order valence-electron chi connectivity index (χ0n) is 23.0. The lowest BCUT2D eigenvalue weighted by Crippen LogP contribution is -2.36. The third-order valence-electron chi connectivity index (χ3n) is 8.10. The van der Waals surface area contributed by atoms with Gasteiger partial charge >= 0.3 is 11.9 Å². The first kappa shape index (κ1) is 29.1. The van der Waals surface area contributed by atoms with Crippen LogP contribution in [-0.2, 0) is 19.2 Å². The molecule has 0 aromatic heterocycles. The van der Waals surface area contributed by atoms with Gasteiger partial charge in [-0.3, -0.25) is 19.2 Å². The van der Waals surface area contributed by atoms with Crippen LogP contribution < -0.4 is 15.4 Å². The number of ether oxygens (including phenoxy) is 1.